The van der Waals surface area contributed by atoms with Crippen LogP contribution in [0, 0.1) is 10.1 Å². The molecular formula is C9H8BrF2NO2. The molecule has 0 amide bonds. The molecule has 1 atom stereocenters. The summed E-state index contributed by atoms with van der Waals surface area (Å²) in [5, 5.41) is 10.4. The number of rotatable bonds is 3. The number of benzene rings is 1. The van der Waals surface area contributed by atoms with Crippen molar-refractivity contribution in [3.8, 4) is 0 Å². The van der Waals surface area contributed by atoms with E-state index in [4.69, 9.17) is 0 Å². The van der Waals surface area contributed by atoms with Crippen LogP contribution in [0.1, 0.15) is 12.5 Å². The lowest BCUT2D eigenvalue weighted by Gasteiger charge is -2.18. The molecule has 0 unspecified atom stereocenters. The van der Waals surface area contributed by atoms with Gasteiger partial charge < -0.3 is 0 Å². The van der Waals surface area contributed by atoms with Crippen molar-refractivity contribution in [2.75, 3.05) is 0 Å². The third kappa shape index (κ3) is 2.50. The lowest BCUT2D eigenvalue weighted by atomic mass is 10.1. The van der Waals surface area contributed by atoms with Crippen molar-refractivity contribution >= 4 is 21.6 Å². The van der Waals surface area contributed by atoms with Gasteiger partial charge in [0, 0.05) is 17.7 Å². The minimum Gasteiger partial charge on any atom is -0.258 e. The maximum absolute atomic E-state index is 13.5. The summed E-state index contributed by atoms with van der Waals surface area (Å²) in [6, 6.07) is 4.48. The normalized spacial score (nSPS) is 13.6. The Morgan fingerprint density at radius 3 is 2.60 bits per heavy atom. The number of alkyl halides is 3. The van der Waals surface area contributed by atoms with Gasteiger partial charge in [0.15, 0.2) is 0 Å². The first-order valence-electron chi connectivity index (χ1n) is 4.12. The first kappa shape index (κ1) is 12.0. The summed E-state index contributed by atoms with van der Waals surface area (Å²) in [6.45, 7) is 1.29. The van der Waals surface area contributed by atoms with Gasteiger partial charge in [0.25, 0.3) is 11.6 Å². The Bertz CT molecular complexity index is 382. The average Bonchev–Trinajstić information content (AvgIpc) is 2.17. The van der Waals surface area contributed by atoms with Gasteiger partial charge >= 0.3 is 0 Å². The highest BCUT2D eigenvalue weighted by Gasteiger charge is 2.37. The lowest BCUT2D eigenvalue weighted by Crippen LogP contribution is -2.23. The number of nitro groups is 1. The van der Waals surface area contributed by atoms with Crippen LogP contribution in [0.3, 0.4) is 0 Å². The highest BCUT2D eigenvalue weighted by molar-refractivity contribution is 9.09. The van der Waals surface area contributed by atoms with Crippen molar-refractivity contribution in [2.45, 2.75) is 17.7 Å². The van der Waals surface area contributed by atoms with Crippen LogP contribution in [0.15, 0.2) is 24.3 Å². The Kier molecular flexibility index (Phi) is 3.38. The van der Waals surface area contributed by atoms with E-state index in [0.717, 1.165) is 6.07 Å². The SMILES string of the molecule is C[C@@H](Br)C(F)(F)c1cccc([N+](=O)[O-])c1. The minimum absolute atomic E-state index is 0.333. The van der Waals surface area contributed by atoms with Crippen LogP contribution >= 0.6 is 15.9 Å². The van der Waals surface area contributed by atoms with E-state index in [1.165, 1.54) is 25.1 Å². The van der Waals surface area contributed by atoms with Gasteiger partial charge in [-0.3, -0.25) is 10.1 Å². The first-order valence-corrected chi connectivity index (χ1v) is 5.04. The van der Waals surface area contributed by atoms with Crippen LogP contribution in [-0.4, -0.2) is 9.75 Å². The maximum atomic E-state index is 13.5. The number of nitro benzene ring substituents is 1. The fraction of sp³-hybridized carbons (Fsp3) is 0.333. The molecule has 0 aliphatic heterocycles. The second-order valence-electron chi connectivity index (χ2n) is 3.05. The Morgan fingerprint density at radius 1 is 1.53 bits per heavy atom. The van der Waals surface area contributed by atoms with Crippen molar-refractivity contribution in [2.24, 2.45) is 0 Å². The number of halogens is 3. The zero-order chi connectivity index (χ0) is 11.6. The molecule has 0 radical (unpaired) electrons. The zero-order valence-electron chi connectivity index (χ0n) is 7.78. The fourth-order valence-corrected chi connectivity index (χ4v) is 1.32. The molecule has 0 aliphatic rings. The molecule has 3 nitrogen and oxygen atoms in total. The Balaban J connectivity index is 3.16. The summed E-state index contributed by atoms with van der Waals surface area (Å²) in [7, 11) is 0. The van der Waals surface area contributed by atoms with E-state index < -0.39 is 15.7 Å². The molecular weight excluding hydrogens is 272 g/mol. The summed E-state index contributed by atoms with van der Waals surface area (Å²) in [5.41, 5.74) is -0.693. The van der Waals surface area contributed by atoms with Crippen molar-refractivity contribution in [1.82, 2.24) is 0 Å². The van der Waals surface area contributed by atoms with Crippen LogP contribution in [-0.2, 0) is 5.92 Å². The molecule has 0 bridgehead atoms. The van der Waals surface area contributed by atoms with Crippen molar-refractivity contribution < 1.29 is 13.7 Å². The highest BCUT2D eigenvalue weighted by Crippen LogP contribution is 2.36. The summed E-state index contributed by atoms with van der Waals surface area (Å²) >= 11 is 2.77. The molecule has 6 heteroatoms. The molecule has 82 valence electrons. The summed E-state index contributed by atoms with van der Waals surface area (Å²) in [6.07, 6.45) is 0. The minimum atomic E-state index is -3.12. The predicted octanol–water partition coefficient (Wildman–Crippen LogP) is 3.47. The third-order valence-corrected chi connectivity index (χ3v) is 2.52. The van der Waals surface area contributed by atoms with Gasteiger partial charge in [-0.2, -0.15) is 0 Å². The molecule has 0 heterocycles. The van der Waals surface area contributed by atoms with Crippen LogP contribution in [0.4, 0.5) is 14.5 Å². The first-order chi connectivity index (χ1) is 6.85. The fourth-order valence-electron chi connectivity index (χ4n) is 1.06. The van der Waals surface area contributed by atoms with Gasteiger partial charge in [-0.15, -0.1) is 0 Å². The van der Waals surface area contributed by atoms with Gasteiger partial charge in [-0.25, -0.2) is 8.78 Å². The molecule has 0 saturated carbocycles. The average molecular weight is 280 g/mol. The quantitative estimate of drug-likeness (QED) is 0.483. The van der Waals surface area contributed by atoms with Crippen LogP contribution < -0.4 is 0 Å². The van der Waals surface area contributed by atoms with Crippen LogP contribution in [0.25, 0.3) is 0 Å². The van der Waals surface area contributed by atoms with Crippen LogP contribution in [0.2, 0.25) is 0 Å². The zero-order valence-corrected chi connectivity index (χ0v) is 9.37. The lowest BCUT2D eigenvalue weighted by molar-refractivity contribution is -0.385. The van der Waals surface area contributed by atoms with Gasteiger partial charge in [-0.1, -0.05) is 28.1 Å². The van der Waals surface area contributed by atoms with E-state index in [2.05, 4.69) is 15.9 Å². The summed E-state index contributed by atoms with van der Waals surface area (Å²) in [5.74, 6) is -3.12. The smallest absolute Gasteiger partial charge is 0.258 e. The Hall–Kier alpha value is -1.04. The van der Waals surface area contributed by atoms with E-state index in [1.807, 2.05) is 0 Å². The number of hydrogen-bond acceptors (Lipinski definition) is 2. The Labute approximate surface area is 93.4 Å². The number of non-ortho nitro benzene ring substituents is 1. The van der Waals surface area contributed by atoms with E-state index in [0.29, 0.717) is 0 Å². The highest BCUT2D eigenvalue weighted by atomic mass is 79.9. The third-order valence-electron chi connectivity index (χ3n) is 1.94. The monoisotopic (exact) mass is 279 g/mol. The molecule has 0 aromatic heterocycles. The van der Waals surface area contributed by atoms with Gasteiger partial charge in [0.05, 0.1) is 9.75 Å². The topological polar surface area (TPSA) is 43.1 Å². The molecule has 15 heavy (non-hydrogen) atoms. The molecule has 0 N–H and O–H groups in total. The number of nitrogens with zero attached hydrogens (tertiary/aromatic N) is 1. The molecule has 0 spiro atoms. The second-order valence-corrected chi connectivity index (χ2v) is 4.42. The second kappa shape index (κ2) is 4.22. The standard InChI is InChI=1S/C9H8BrF2NO2/c1-6(10)9(11,12)7-3-2-4-8(5-7)13(14)15/h2-6H,1H3/t6-/m1/s1. The molecule has 0 saturated heterocycles. The summed E-state index contributed by atoms with van der Waals surface area (Å²) in [4.78, 5) is 8.63. The van der Waals surface area contributed by atoms with E-state index in [1.54, 1.807) is 0 Å². The Morgan fingerprint density at radius 2 is 2.13 bits per heavy atom. The van der Waals surface area contributed by atoms with Crippen molar-refractivity contribution in [1.29, 1.82) is 0 Å². The van der Waals surface area contributed by atoms with E-state index >= 15 is 0 Å². The number of hydrogen-bond donors (Lipinski definition) is 0. The van der Waals surface area contributed by atoms with Crippen molar-refractivity contribution in [3.63, 3.8) is 0 Å². The largest absolute Gasteiger partial charge is 0.285 e. The molecule has 1 rings (SSSR count). The molecule has 1 aromatic carbocycles. The van der Waals surface area contributed by atoms with Gasteiger partial charge in [-0.05, 0) is 6.92 Å². The van der Waals surface area contributed by atoms with Gasteiger partial charge in [0.1, 0.15) is 0 Å². The van der Waals surface area contributed by atoms with E-state index in [-0.39, 0.29) is 11.3 Å². The maximum Gasteiger partial charge on any atom is 0.285 e. The molecule has 1 aromatic rings. The van der Waals surface area contributed by atoms with Gasteiger partial charge in [0.2, 0.25) is 0 Å². The summed E-state index contributed by atoms with van der Waals surface area (Å²) < 4.78 is 26.9. The van der Waals surface area contributed by atoms with E-state index in [9.17, 15) is 18.9 Å². The van der Waals surface area contributed by atoms with Crippen molar-refractivity contribution in [3.05, 3.63) is 39.9 Å². The predicted molar refractivity (Wildman–Crippen MR) is 55.4 cm³/mol. The molecule has 0 aliphatic carbocycles. The molecule has 0 fully saturated rings. The van der Waals surface area contributed by atoms with Crippen LogP contribution in [0.5, 0.6) is 0 Å².